The number of rotatable bonds is 1. The van der Waals surface area contributed by atoms with Gasteiger partial charge in [-0.3, -0.25) is 4.79 Å². The summed E-state index contributed by atoms with van der Waals surface area (Å²) < 4.78 is 17.3. The predicted octanol–water partition coefficient (Wildman–Crippen LogP) is 1.02. The SMILES string of the molecule is CC(C)(C)C(=O)O[C@@H]1CC2(C)OC3(C)C1OC3[C@@H]2O. The number of carbonyl (C=O) groups is 1. The Balaban J connectivity index is 1.82. The zero-order valence-corrected chi connectivity index (χ0v) is 12.1. The maximum Gasteiger partial charge on any atom is 0.311 e. The highest BCUT2D eigenvalue weighted by atomic mass is 16.7. The summed E-state index contributed by atoms with van der Waals surface area (Å²) in [6.45, 7) is 9.26. The average molecular weight is 270 g/mol. The minimum Gasteiger partial charge on any atom is -0.459 e. The molecule has 0 aromatic heterocycles. The Kier molecular flexibility index (Phi) is 2.46. The minimum atomic E-state index is -0.685. The summed E-state index contributed by atoms with van der Waals surface area (Å²) in [5, 5.41) is 10.3. The number of esters is 1. The van der Waals surface area contributed by atoms with Crippen molar-refractivity contribution in [3.63, 3.8) is 0 Å². The molecule has 5 nitrogen and oxygen atoms in total. The third-order valence-corrected chi connectivity index (χ3v) is 4.60. The van der Waals surface area contributed by atoms with E-state index in [-0.39, 0.29) is 24.3 Å². The van der Waals surface area contributed by atoms with Crippen LogP contribution in [0.1, 0.15) is 41.0 Å². The van der Waals surface area contributed by atoms with Crippen molar-refractivity contribution in [2.75, 3.05) is 0 Å². The highest BCUT2D eigenvalue weighted by Gasteiger charge is 2.75. The van der Waals surface area contributed by atoms with Crippen molar-refractivity contribution in [3.8, 4) is 0 Å². The summed E-state index contributed by atoms with van der Waals surface area (Å²) in [5.74, 6) is -0.243. The Morgan fingerprint density at radius 3 is 2.53 bits per heavy atom. The fourth-order valence-electron chi connectivity index (χ4n) is 3.45. The average Bonchev–Trinajstić information content (AvgIpc) is 2.34. The van der Waals surface area contributed by atoms with Crippen LogP contribution >= 0.6 is 0 Å². The van der Waals surface area contributed by atoms with Crippen LogP contribution in [-0.2, 0) is 19.0 Å². The first-order chi connectivity index (χ1) is 8.58. The summed E-state index contributed by atoms with van der Waals surface area (Å²) >= 11 is 0. The van der Waals surface area contributed by atoms with Crippen molar-refractivity contribution in [1.82, 2.24) is 0 Å². The van der Waals surface area contributed by atoms with E-state index in [2.05, 4.69) is 0 Å². The molecule has 0 aromatic rings. The summed E-state index contributed by atoms with van der Waals surface area (Å²) in [5.41, 5.74) is -1.76. The van der Waals surface area contributed by atoms with Gasteiger partial charge in [-0.05, 0) is 34.6 Å². The lowest BCUT2D eigenvalue weighted by Crippen LogP contribution is -2.69. The molecule has 0 amide bonds. The molecule has 1 N–H and O–H groups in total. The van der Waals surface area contributed by atoms with E-state index in [0.29, 0.717) is 6.42 Å². The van der Waals surface area contributed by atoms with Gasteiger partial charge in [-0.2, -0.15) is 0 Å². The van der Waals surface area contributed by atoms with E-state index in [0.717, 1.165) is 0 Å². The number of aliphatic hydroxyl groups excluding tert-OH is 1. The quantitative estimate of drug-likeness (QED) is 0.721. The topological polar surface area (TPSA) is 65.0 Å². The normalized spacial score (nSPS) is 51.7. The lowest BCUT2D eigenvalue weighted by atomic mass is 9.83. The zero-order valence-electron chi connectivity index (χ0n) is 12.1. The monoisotopic (exact) mass is 270 g/mol. The van der Waals surface area contributed by atoms with E-state index in [4.69, 9.17) is 14.2 Å². The van der Waals surface area contributed by atoms with Gasteiger partial charge in [0.2, 0.25) is 0 Å². The Hall–Kier alpha value is -0.650. The van der Waals surface area contributed by atoms with Crippen LogP contribution in [0.4, 0.5) is 0 Å². The van der Waals surface area contributed by atoms with Crippen molar-refractivity contribution in [2.45, 2.75) is 76.7 Å². The molecule has 0 aromatic carbocycles. The molecule has 3 saturated heterocycles. The van der Waals surface area contributed by atoms with Crippen molar-refractivity contribution in [2.24, 2.45) is 5.41 Å². The number of aliphatic hydroxyl groups is 1. The maximum atomic E-state index is 12.0. The van der Waals surface area contributed by atoms with Crippen LogP contribution < -0.4 is 0 Å². The fourth-order valence-corrected chi connectivity index (χ4v) is 3.45. The lowest BCUT2D eigenvalue weighted by molar-refractivity contribution is -0.327. The third-order valence-electron chi connectivity index (χ3n) is 4.60. The molecule has 2 bridgehead atoms. The molecule has 3 heterocycles. The van der Waals surface area contributed by atoms with Crippen LogP contribution in [0.25, 0.3) is 0 Å². The van der Waals surface area contributed by atoms with E-state index >= 15 is 0 Å². The van der Waals surface area contributed by atoms with Crippen LogP contribution in [0.15, 0.2) is 0 Å². The van der Waals surface area contributed by atoms with Crippen molar-refractivity contribution >= 4 is 5.97 Å². The van der Waals surface area contributed by atoms with Gasteiger partial charge in [-0.15, -0.1) is 0 Å². The molecule has 6 atom stereocenters. The first-order valence-corrected chi connectivity index (χ1v) is 6.83. The first-order valence-electron chi connectivity index (χ1n) is 6.83. The van der Waals surface area contributed by atoms with E-state index in [1.807, 2.05) is 34.6 Å². The Morgan fingerprint density at radius 1 is 1.32 bits per heavy atom. The van der Waals surface area contributed by atoms with E-state index < -0.39 is 22.7 Å². The molecular weight excluding hydrogens is 248 g/mol. The molecule has 0 aliphatic carbocycles. The molecule has 3 rings (SSSR count). The zero-order chi connectivity index (χ0) is 14.2. The number of hydrogen-bond donors (Lipinski definition) is 1. The molecule has 0 saturated carbocycles. The Labute approximate surface area is 113 Å². The van der Waals surface area contributed by atoms with Gasteiger partial charge in [-0.1, -0.05) is 0 Å². The van der Waals surface area contributed by atoms with E-state index in [1.54, 1.807) is 0 Å². The van der Waals surface area contributed by atoms with Crippen molar-refractivity contribution < 1.29 is 24.1 Å². The molecule has 5 heteroatoms. The smallest absolute Gasteiger partial charge is 0.311 e. The van der Waals surface area contributed by atoms with Crippen molar-refractivity contribution in [1.29, 1.82) is 0 Å². The van der Waals surface area contributed by atoms with Gasteiger partial charge in [0, 0.05) is 6.42 Å². The number of ether oxygens (including phenoxy) is 3. The second-order valence-electron chi connectivity index (χ2n) is 7.42. The van der Waals surface area contributed by atoms with Gasteiger partial charge in [0.25, 0.3) is 0 Å². The molecule has 0 radical (unpaired) electrons. The Bertz CT molecular complexity index is 420. The minimum absolute atomic E-state index is 0.243. The molecule has 0 spiro atoms. The summed E-state index contributed by atoms with van der Waals surface area (Å²) in [6, 6.07) is 0. The summed E-state index contributed by atoms with van der Waals surface area (Å²) in [7, 11) is 0. The largest absolute Gasteiger partial charge is 0.459 e. The molecule has 4 unspecified atom stereocenters. The van der Waals surface area contributed by atoms with Crippen LogP contribution in [0.2, 0.25) is 0 Å². The van der Waals surface area contributed by atoms with Crippen LogP contribution in [0, 0.1) is 5.41 Å². The first kappa shape index (κ1) is 13.3. The second kappa shape index (κ2) is 3.51. The highest BCUT2D eigenvalue weighted by molar-refractivity contribution is 5.75. The molecule has 3 aliphatic rings. The highest BCUT2D eigenvalue weighted by Crippen LogP contribution is 2.57. The van der Waals surface area contributed by atoms with E-state index in [9.17, 15) is 9.90 Å². The third kappa shape index (κ3) is 1.61. The molecule has 108 valence electrons. The maximum absolute atomic E-state index is 12.0. The van der Waals surface area contributed by atoms with Gasteiger partial charge < -0.3 is 19.3 Å². The fraction of sp³-hybridized carbons (Fsp3) is 0.929. The Morgan fingerprint density at radius 2 is 1.95 bits per heavy atom. The standard InChI is InChI=1S/C14H22O5/c1-12(2,3)11(16)17-7-6-13(4)8(15)10-14(5,19-13)9(7)18-10/h7-10,15H,6H2,1-5H3/t7-,8+,9?,10?,13?,14?/m1/s1. The molecule has 19 heavy (non-hydrogen) atoms. The van der Waals surface area contributed by atoms with Gasteiger partial charge in [0.15, 0.2) is 0 Å². The molecule has 3 fully saturated rings. The number of fused-ring (bicyclic) bond motifs is 1. The lowest BCUT2D eigenvalue weighted by Gasteiger charge is -2.53. The van der Waals surface area contributed by atoms with Gasteiger partial charge in [-0.25, -0.2) is 0 Å². The van der Waals surface area contributed by atoms with Crippen LogP contribution in [0.5, 0.6) is 0 Å². The second-order valence-corrected chi connectivity index (χ2v) is 7.42. The van der Waals surface area contributed by atoms with Gasteiger partial charge >= 0.3 is 5.97 Å². The summed E-state index contributed by atoms with van der Waals surface area (Å²) in [4.78, 5) is 12.0. The number of carbonyl (C=O) groups excluding carboxylic acids is 1. The summed E-state index contributed by atoms with van der Waals surface area (Å²) in [6.07, 6.45) is -1.10. The van der Waals surface area contributed by atoms with Gasteiger partial charge in [0.05, 0.1) is 11.0 Å². The number of hydrogen-bond acceptors (Lipinski definition) is 5. The van der Waals surface area contributed by atoms with Crippen LogP contribution in [0.3, 0.4) is 0 Å². The van der Waals surface area contributed by atoms with Crippen molar-refractivity contribution in [3.05, 3.63) is 0 Å². The van der Waals surface area contributed by atoms with E-state index in [1.165, 1.54) is 0 Å². The van der Waals surface area contributed by atoms with Gasteiger partial charge in [0.1, 0.15) is 30.0 Å². The molecular formula is C14H22O5. The predicted molar refractivity (Wildman–Crippen MR) is 66.5 cm³/mol. The van der Waals surface area contributed by atoms with Crippen LogP contribution in [-0.4, -0.2) is 46.7 Å². The molecule has 3 aliphatic heterocycles.